The molecule has 0 aliphatic heterocycles. The number of aromatic hydroxyl groups is 2. The Morgan fingerprint density at radius 2 is 2.15 bits per heavy atom. The highest BCUT2D eigenvalue weighted by molar-refractivity contribution is 9.10. The molecule has 0 unspecified atom stereocenters. The summed E-state index contributed by atoms with van der Waals surface area (Å²) in [5.74, 6) is -2.34. The molecule has 3 nitrogen and oxygen atoms in total. The summed E-state index contributed by atoms with van der Waals surface area (Å²) in [5.41, 5.74) is 0.0396. The lowest BCUT2D eigenvalue weighted by molar-refractivity contribution is 0.376. The minimum atomic E-state index is -0.964. The molecule has 0 aliphatic carbocycles. The first-order valence-corrected chi connectivity index (χ1v) is 4.13. The van der Waals surface area contributed by atoms with Gasteiger partial charge in [0.15, 0.2) is 17.3 Å². The van der Waals surface area contributed by atoms with Crippen LogP contribution in [0.15, 0.2) is 10.5 Å². The van der Waals surface area contributed by atoms with Crippen molar-refractivity contribution in [2.45, 2.75) is 6.42 Å². The fourth-order valence-electron chi connectivity index (χ4n) is 0.877. The quantitative estimate of drug-likeness (QED) is 0.745. The maximum absolute atomic E-state index is 13.1. The first-order valence-electron chi connectivity index (χ1n) is 3.33. The first kappa shape index (κ1) is 9.81. The second-order valence-electron chi connectivity index (χ2n) is 2.35. The molecule has 2 N–H and O–H groups in total. The zero-order valence-corrected chi connectivity index (χ0v) is 7.97. The van der Waals surface area contributed by atoms with Gasteiger partial charge in [-0.15, -0.1) is 0 Å². The SMILES string of the molecule is N#CCc1c(Br)cc(O)c(O)c1F. The molecule has 1 rings (SSSR count). The molecule has 0 aliphatic rings. The van der Waals surface area contributed by atoms with Crippen LogP contribution in [-0.2, 0) is 6.42 Å². The summed E-state index contributed by atoms with van der Waals surface area (Å²) in [4.78, 5) is 0. The van der Waals surface area contributed by atoms with Gasteiger partial charge in [0.05, 0.1) is 12.5 Å². The van der Waals surface area contributed by atoms with Crippen LogP contribution >= 0.6 is 15.9 Å². The van der Waals surface area contributed by atoms with E-state index >= 15 is 0 Å². The van der Waals surface area contributed by atoms with E-state index in [1.807, 2.05) is 0 Å². The fraction of sp³-hybridized carbons (Fsp3) is 0.125. The van der Waals surface area contributed by atoms with Gasteiger partial charge in [-0.1, -0.05) is 15.9 Å². The number of nitriles is 1. The number of benzene rings is 1. The summed E-state index contributed by atoms with van der Waals surface area (Å²) in [6.45, 7) is 0. The standard InChI is InChI=1S/C8H5BrFNO2/c9-5-3-6(12)8(13)7(10)4(5)1-2-11/h3,12-13H,1H2. The number of hydrogen-bond acceptors (Lipinski definition) is 3. The van der Waals surface area contributed by atoms with Crippen molar-refractivity contribution in [3.05, 3.63) is 21.9 Å². The van der Waals surface area contributed by atoms with E-state index in [0.717, 1.165) is 6.07 Å². The van der Waals surface area contributed by atoms with E-state index in [2.05, 4.69) is 15.9 Å². The van der Waals surface area contributed by atoms with Gasteiger partial charge in [-0.05, 0) is 6.07 Å². The molecular formula is C8H5BrFNO2. The van der Waals surface area contributed by atoms with Gasteiger partial charge in [-0.3, -0.25) is 0 Å². The number of nitrogens with zero attached hydrogens (tertiary/aromatic N) is 1. The summed E-state index contributed by atoms with van der Waals surface area (Å²) in [6, 6.07) is 2.89. The third-order valence-electron chi connectivity index (χ3n) is 1.52. The molecule has 0 bridgehead atoms. The van der Waals surface area contributed by atoms with Crippen molar-refractivity contribution in [2.24, 2.45) is 0 Å². The summed E-state index contributed by atoms with van der Waals surface area (Å²) in [7, 11) is 0. The van der Waals surface area contributed by atoms with E-state index in [-0.39, 0.29) is 16.5 Å². The van der Waals surface area contributed by atoms with Gasteiger partial charge in [0.25, 0.3) is 0 Å². The fourth-order valence-corrected chi connectivity index (χ4v) is 1.41. The number of halogens is 2. The monoisotopic (exact) mass is 245 g/mol. The normalized spacial score (nSPS) is 9.62. The van der Waals surface area contributed by atoms with Crippen molar-refractivity contribution in [1.82, 2.24) is 0 Å². The molecule has 0 amide bonds. The first-order chi connectivity index (χ1) is 6.07. The van der Waals surface area contributed by atoms with Gasteiger partial charge >= 0.3 is 0 Å². The van der Waals surface area contributed by atoms with Crippen LogP contribution in [0.3, 0.4) is 0 Å². The molecule has 0 aromatic heterocycles. The lowest BCUT2D eigenvalue weighted by atomic mass is 10.1. The van der Waals surface area contributed by atoms with Crippen molar-refractivity contribution in [3.63, 3.8) is 0 Å². The predicted octanol–water partition coefficient (Wildman–Crippen LogP) is 2.07. The second-order valence-corrected chi connectivity index (χ2v) is 3.21. The molecule has 0 saturated heterocycles. The van der Waals surface area contributed by atoms with Crippen molar-refractivity contribution < 1.29 is 14.6 Å². The van der Waals surface area contributed by atoms with Gasteiger partial charge in [0, 0.05) is 10.0 Å². The Morgan fingerprint density at radius 1 is 1.54 bits per heavy atom. The molecule has 1 aromatic rings. The zero-order chi connectivity index (χ0) is 10.0. The topological polar surface area (TPSA) is 64.2 Å². The average molecular weight is 246 g/mol. The lowest BCUT2D eigenvalue weighted by Crippen LogP contribution is -1.91. The van der Waals surface area contributed by atoms with Crippen LogP contribution in [-0.4, -0.2) is 10.2 Å². The van der Waals surface area contributed by atoms with Gasteiger partial charge in [-0.25, -0.2) is 4.39 Å². The molecule has 13 heavy (non-hydrogen) atoms. The third-order valence-corrected chi connectivity index (χ3v) is 2.23. The molecule has 5 heteroatoms. The maximum Gasteiger partial charge on any atom is 0.194 e. The summed E-state index contributed by atoms with van der Waals surface area (Å²) in [6.07, 6.45) is -0.166. The van der Waals surface area contributed by atoms with Gasteiger partial charge in [0.1, 0.15) is 0 Å². The number of phenols is 2. The molecule has 0 saturated carbocycles. The van der Waals surface area contributed by atoms with E-state index in [4.69, 9.17) is 15.5 Å². The van der Waals surface area contributed by atoms with Crippen LogP contribution in [0.25, 0.3) is 0 Å². The molecule has 0 spiro atoms. The van der Waals surface area contributed by atoms with E-state index in [9.17, 15) is 4.39 Å². The highest BCUT2D eigenvalue weighted by Gasteiger charge is 2.15. The Morgan fingerprint density at radius 3 is 2.69 bits per heavy atom. The summed E-state index contributed by atoms with van der Waals surface area (Å²) >= 11 is 2.97. The third kappa shape index (κ3) is 1.73. The van der Waals surface area contributed by atoms with Gasteiger partial charge in [-0.2, -0.15) is 5.26 Å². The van der Waals surface area contributed by atoms with Crippen molar-refractivity contribution >= 4 is 15.9 Å². The lowest BCUT2D eigenvalue weighted by Gasteiger charge is -2.05. The van der Waals surface area contributed by atoms with Crippen molar-refractivity contribution in [2.75, 3.05) is 0 Å². The van der Waals surface area contributed by atoms with E-state index in [1.54, 1.807) is 6.07 Å². The van der Waals surface area contributed by atoms with Crippen molar-refractivity contribution in [3.8, 4) is 17.6 Å². The second kappa shape index (κ2) is 3.62. The summed E-state index contributed by atoms with van der Waals surface area (Å²) in [5, 5.41) is 26.3. The summed E-state index contributed by atoms with van der Waals surface area (Å²) < 4.78 is 13.4. The largest absolute Gasteiger partial charge is 0.504 e. The Balaban J connectivity index is 3.36. The molecule has 0 heterocycles. The molecular weight excluding hydrogens is 241 g/mol. The van der Waals surface area contributed by atoms with Crippen LogP contribution < -0.4 is 0 Å². The Labute approximate surface area is 82.2 Å². The van der Waals surface area contributed by atoms with Crippen molar-refractivity contribution in [1.29, 1.82) is 5.26 Å². The number of phenolic OH excluding ortho intramolecular Hbond substituents is 2. The van der Waals surface area contributed by atoms with Crippen LogP contribution in [0.2, 0.25) is 0 Å². The predicted molar refractivity (Wildman–Crippen MR) is 46.7 cm³/mol. The van der Waals surface area contributed by atoms with E-state index in [0.29, 0.717) is 0 Å². The van der Waals surface area contributed by atoms with E-state index < -0.39 is 17.3 Å². The minimum Gasteiger partial charge on any atom is -0.504 e. The van der Waals surface area contributed by atoms with Crippen LogP contribution in [0.5, 0.6) is 11.5 Å². The van der Waals surface area contributed by atoms with Gasteiger partial charge < -0.3 is 10.2 Å². The van der Waals surface area contributed by atoms with Crippen LogP contribution in [0, 0.1) is 17.1 Å². The molecule has 0 fully saturated rings. The zero-order valence-electron chi connectivity index (χ0n) is 6.38. The van der Waals surface area contributed by atoms with Crippen LogP contribution in [0.1, 0.15) is 5.56 Å². The Bertz CT molecular complexity index is 387. The highest BCUT2D eigenvalue weighted by Crippen LogP contribution is 2.35. The molecule has 0 radical (unpaired) electrons. The smallest absolute Gasteiger partial charge is 0.194 e. The minimum absolute atomic E-state index is 0.0396. The highest BCUT2D eigenvalue weighted by atomic mass is 79.9. The number of rotatable bonds is 1. The van der Waals surface area contributed by atoms with E-state index in [1.165, 1.54) is 0 Å². The molecule has 0 atom stereocenters. The average Bonchev–Trinajstić information content (AvgIpc) is 2.09. The Kier molecular flexibility index (Phi) is 2.73. The van der Waals surface area contributed by atoms with Gasteiger partial charge in [0.2, 0.25) is 0 Å². The molecule has 68 valence electrons. The molecule has 1 aromatic carbocycles. The maximum atomic E-state index is 13.1. The Hall–Kier alpha value is -1.28. The van der Waals surface area contributed by atoms with Crippen LogP contribution in [0.4, 0.5) is 4.39 Å². The number of hydrogen-bond donors (Lipinski definition) is 2.